The van der Waals surface area contributed by atoms with Gasteiger partial charge in [0.05, 0.1) is 25.3 Å². The lowest BCUT2D eigenvalue weighted by Gasteiger charge is -2.21. The van der Waals surface area contributed by atoms with Crippen molar-refractivity contribution in [1.29, 1.82) is 0 Å². The second-order valence-electron chi connectivity index (χ2n) is 4.84. The van der Waals surface area contributed by atoms with E-state index in [2.05, 4.69) is 0 Å². The summed E-state index contributed by atoms with van der Waals surface area (Å²) in [4.78, 5) is 26.1. The molecule has 0 radical (unpaired) electrons. The molecule has 2 aromatic carbocycles. The molecular formula is C17H15NO3. The third-order valence-electron chi connectivity index (χ3n) is 3.43. The highest BCUT2D eigenvalue weighted by molar-refractivity contribution is 6.06. The van der Waals surface area contributed by atoms with E-state index in [1.807, 2.05) is 36.4 Å². The Morgan fingerprint density at radius 1 is 1.05 bits per heavy atom. The van der Waals surface area contributed by atoms with Gasteiger partial charge in [-0.2, -0.15) is 0 Å². The molecule has 0 atom stereocenters. The Morgan fingerprint density at radius 2 is 1.76 bits per heavy atom. The summed E-state index contributed by atoms with van der Waals surface area (Å²) in [5.74, 6) is 0.467. The van der Waals surface area contributed by atoms with Gasteiger partial charge in [0.1, 0.15) is 5.75 Å². The number of carbonyl (C=O) groups excluding carboxylic acids is 2. The van der Waals surface area contributed by atoms with Crippen LogP contribution in [-0.2, 0) is 4.79 Å². The summed E-state index contributed by atoms with van der Waals surface area (Å²) < 4.78 is 5.56. The Bertz CT molecular complexity index is 667. The molecule has 4 heteroatoms. The molecular weight excluding hydrogens is 266 g/mol. The van der Waals surface area contributed by atoms with Crippen molar-refractivity contribution in [2.75, 3.05) is 18.1 Å². The van der Waals surface area contributed by atoms with E-state index in [0.717, 1.165) is 0 Å². The lowest BCUT2D eigenvalue weighted by molar-refractivity contribution is -0.118. The highest BCUT2D eigenvalue weighted by atomic mass is 16.5. The van der Waals surface area contributed by atoms with Gasteiger partial charge in [0.25, 0.3) is 0 Å². The van der Waals surface area contributed by atoms with Gasteiger partial charge in [0.2, 0.25) is 5.91 Å². The van der Waals surface area contributed by atoms with Gasteiger partial charge in [0.15, 0.2) is 5.78 Å². The molecule has 0 aliphatic carbocycles. The van der Waals surface area contributed by atoms with Gasteiger partial charge in [-0.1, -0.05) is 42.5 Å². The minimum Gasteiger partial charge on any atom is -0.491 e. The standard InChI is InChI=1S/C17H15NO3/c19-15(13-6-2-1-3-7-13)12-18-14-8-4-5-9-16(14)21-11-10-17(18)20/h1-9H,10-12H2. The quantitative estimate of drug-likeness (QED) is 0.813. The third-order valence-corrected chi connectivity index (χ3v) is 3.43. The fourth-order valence-electron chi connectivity index (χ4n) is 2.35. The number of ketones is 1. The zero-order valence-corrected chi connectivity index (χ0v) is 11.5. The van der Waals surface area contributed by atoms with Crippen LogP contribution in [-0.4, -0.2) is 24.8 Å². The molecule has 106 valence electrons. The number of hydrogen-bond donors (Lipinski definition) is 0. The summed E-state index contributed by atoms with van der Waals surface area (Å²) in [6, 6.07) is 16.3. The number of fused-ring (bicyclic) bond motifs is 1. The first-order valence-corrected chi connectivity index (χ1v) is 6.86. The van der Waals surface area contributed by atoms with Gasteiger partial charge in [-0.25, -0.2) is 0 Å². The molecule has 3 rings (SSSR count). The Balaban J connectivity index is 1.90. The summed E-state index contributed by atoms with van der Waals surface area (Å²) in [6.07, 6.45) is 0.275. The molecule has 4 nitrogen and oxygen atoms in total. The van der Waals surface area contributed by atoms with E-state index in [9.17, 15) is 9.59 Å². The maximum Gasteiger partial charge on any atom is 0.230 e. The molecule has 2 aromatic rings. The molecule has 1 amide bonds. The van der Waals surface area contributed by atoms with Crippen molar-refractivity contribution in [3.63, 3.8) is 0 Å². The van der Waals surface area contributed by atoms with Crippen molar-refractivity contribution in [3.8, 4) is 5.75 Å². The number of anilines is 1. The van der Waals surface area contributed by atoms with Crippen LogP contribution in [0.4, 0.5) is 5.69 Å². The number of ether oxygens (including phenoxy) is 1. The van der Waals surface area contributed by atoms with E-state index in [1.165, 1.54) is 4.90 Å². The molecule has 1 aliphatic rings. The van der Waals surface area contributed by atoms with E-state index in [1.54, 1.807) is 18.2 Å². The number of amides is 1. The second kappa shape index (κ2) is 5.79. The maximum absolute atomic E-state index is 12.3. The molecule has 0 fully saturated rings. The summed E-state index contributed by atoms with van der Waals surface area (Å²) >= 11 is 0. The molecule has 21 heavy (non-hydrogen) atoms. The largest absolute Gasteiger partial charge is 0.491 e. The number of nitrogens with zero attached hydrogens (tertiary/aromatic N) is 1. The molecule has 0 saturated carbocycles. The Labute approximate surface area is 123 Å². The van der Waals surface area contributed by atoms with E-state index < -0.39 is 0 Å². The minimum absolute atomic E-state index is 0.0310. The normalized spacial score (nSPS) is 14.1. The lowest BCUT2D eigenvalue weighted by atomic mass is 10.1. The van der Waals surface area contributed by atoms with Gasteiger partial charge in [-0.15, -0.1) is 0 Å². The lowest BCUT2D eigenvalue weighted by Crippen LogP contribution is -2.35. The van der Waals surface area contributed by atoms with E-state index >= 15 is 0 Å². The molecule has 0 bridgehead atoms. The first-order chi connectivity index (χ1) is 10.3. The maximum atomic E-state index is 12.3. The van der Waals surface area contributed by atoms with Crippen molar-refractivity contribution in [1.82, 2.24) is 0 Å². The summed E-state index contributed by atoms with van der Waals surface area (Å²) in [7, 11) is 0. The summed E-state index contributed by atoms with van der Waals surface area (Å²) in [5, 5.41) is 0. The van der Waals surface area contributed by atoms with Crippen LogP contribution in [0.5, 0.6) is 5.75 Å². The number of hydrogen-bond acceptors (Lipinski definition) is 3. The Morgan fingerprint density at radius 3 is 2.57 bits per heavy atom. The fraction of sp³-hybridized carbons (Fsp3) is 0.176. The van der Waals surface area contributed by atoms with E-state index in [-0.39, 0.29) is 24.7 Å². The summed E-state index contributed by atoms with van der Waals surface area (Å²) in [6.45, 7) is 0.370. The van der Waals surface area contributed by atoms with Gasteiger partial charge in [0, 0.05) is 5.56 Å². The molecule has 0 spiro atoms. The predicted octanol–water partition coefficient (Wildman–Crippen LogP) is 2.69. The van der Waals surface area contributed by atoms with Crippen molar-refractivity contribution in [3.05, 3.63) is 60.2 Å². The predicted molar refractivity (Wildman–Crippen MR) is 79.7 cm³/mol. The topological polar surface area (TPSA) is 46.6 Å². The van der Waals surface area contributed by atoms with Crippen LogP contribution in [0.15, 0.2) is 54.6 Å². The van der Waals surface area contributed by atoms with Crippen LogP contribution in [0.1, 0.15) is 16.8 Å². The van der Waals surface area contributed by atoms with E-state index in [4.69, 9.17) is 4.74 Å². The van der Waals surface area contributed by atoms with Crippen molar-refractivity contribution < 1.29 is 14.3 Å². The van der Waals surface area contributed by atoms with Gasteiger partial charge >= 0.3 is 0 Å². The third kappa shape index (κ3) is 2.79. The highest BCUT2D eigenvalue weighted by Gasteiger charge is 2.25. The van der Waals surface area contributed by atoms with Crippen LogP contribution in [0.2, 0.25) is 0 Å². The van der Waals surface area contributed by atoms with Crippen molar-refractivity contribution in [2.45, 2.75) is 6.42 Å². The Hall–Kier alpha value is -2.62. The average molecular weight is 281 g/mol. The van der Waals surface area contributed by atoms with Crippen LogP contribution >= 0.6 is 0 Å². The first kappa shape index (κ1) is 13.4. The van der Waals surface area contributed by atoms with Crippen LogP contribution in [0.25, 0.3) is 0 Å². The molecule has 0 unspecified atom stereocenters. The van der Waals surface area contributed by atoms with Crippen LogP contribution in [0.3, 0.4) is 0 Å². The van der Waals surface area contributed by atoms with E-state index in [0.29, 0.717) is 23.6 Å². The molecule has 1 aliphatic heterocycles. The zero-order chi connectivity index (χ0) is 14.7. The number of benzene rings is 2. The Kier molecular flexibility index (Phi) is 3.69. The van der Waals surface area contributed by atoms with Crippen LogP contribution < -0.4 is 9.64 Å². The minimum atomic E-state index is -0.0933. The SMILES string of the molecule is O=C(CN1C(=O)CCOc2ccccc21)c1ccccc1. The van der Waals surface area contributed by atoms with Crippen molar-refractivity contribution in [2.24, 2.45) is 0 Å². The molecule has 0 N–H and O–H groups in total. The average Bonchev–Trinajstić information content (AvgIpc) is 2.68. The number of carbonyl (C=O) groups is 2. The fourth-order valence-corrected chi connectivity index (χ4v) is 2.35. The van der Waals surface area contributed by atoms with Gasteiger partial charge in [-0.3, -0.25) is 9.59 Å². The molecule has 0 aromatic heterocycles. The van der Waals surface area contributed by atoms with Gasteiger partial charge < -0.3 is 9.64 Å². The number of para-hydroxylation sites is 2. The number of rotatable bonds is 3. The van der Waals surface area contributed by atoms with Crippen LogP contribution in [0, 0.1) is 0 Å². The second-order valence-corrected chi connectivity index (χ2v) is 4.84. The number of Topliss-reactive ketones (excluding diaryl/α,β-unsaturated/α-hetero) is 1. The smallest absolute Gasteiger partial charge is 0.230 e. The summed E-state index contributed by atoms with van der Waals surface area (Å²) in [5.41, 5.74) is 1.26. The highest BCUT2D eigenvalue weighted by Crippen LogP contribution is 2.31. The monoisotopic (exact) mass is 281 g/mol. The van der Waals surface area contributed by atoms with Crippen molar-refractivity contribution >= 4 is 17.4 Å². The first-order valence-electron chi connectivity index (χ1n) is 6.86. The van der Waals surface area contributed by atoms with Gasteiger partial charge in [-0.05, 0) is 12.1 Å². The molecule has 1 heterocycles. The molecule has 0 saturated heterocycles. The zero-order valence-electron chi connectivity index (χ0n) is 11.5.